The molecule has 5 heteroatoms. The average molecular weight is 281 g/mol. The van der Waals surface area contributed by atoms with Crippen molar-refractivity contribution >= 4 is 5.91 Å². The second-order valence-corrected chi connectivity index (χ2v) is 4.93. The maximum Gasteiger partial charge on any atom is 0.258 e. The smallest absolute Gasteiger partial charge is 0.258 e. The number of nitrogens with one attached hydrogen (secondary N) is 1. The molecule has 0 bridgehead atoms. The Balaban J connectivity index is 2.59. The average Bonchev–Trinajstić information content (AvgIpc) is 2.37. The molecule has 5 nitrogen and oxygen atoms in total. The molecule has 112 valence electrons. The van der Waals surface area contributed by atoms with Crippen molar-refractivity contribution in [1.82, 2.24) is 5.32 Å². The van der Waals surface area contributed by atoms with Crippen LogP contribution in [0.3, 0.4) is 0 Å². The predicted molar refractivity (Wildman–Crippen MR) is 76.8 cm³/mol. The van der Waals surface area contributed by atoms with Crippen LogP contribution < -0.4 is 10.1 Å². The van der Waals surface area contributed by atoms with Gasteiger partial charge in [0, 0.05) is 13.2 Å². The molecule has 1 atom stereocenters. The lowest BCUT2D eigenvalue weighted by molar-refractivity contribution is -0.124. The largest absolute Gasteiger partial charge is 0.483 e. The van der Waals surface area contributed by atoms with Gasteiger partial charge in [-0.15, -0.1) is 0 Å². The molecule has 0 aromatic heterocycles. The van der Waals surface area contributed by atoms with Crippen LogP contribution in [0.2, 0.25) is 0 Å². The number of benzene rings is 1. The van der Waals surface area contributed by atoms with Crippen LogP contribution in [-0.2, 0) is 16.1 Å². The van der Waals surface area contributed by atoms with Gasteiger partial charge >= 0.3 is 0 Å². The molecule has 2 N–H and O–H groups in total. The van der Waals surface area contributed by atoms with Gasteiger partial charge in [0.1, 0.15) is 5.75 Å². The minimum absolute atomic E-state index is 0.00300. The fraction of sp³-hybridized carbons (Fsp3) is 0.533. The van der Waals surface area contributed by atoms with Gasteiger partial charge in [0.15, 0.2) is 6.61 Å². The highest BCUT2D eigenvalue weighted by atomic mass is 16.5. The summed E-state index contributed by atoms with van der Waals surface area (Å²) in [7, 11) is 1.59. The highest BCUT2D eigenvalue weighted by Gasteiger charge is 2.11. The standard InChI is InChI=1S/C15H23NO4/c1-10-5-13(7-17)6-11(2)15(10)20-9-14(18)16-12(3)8-19-4/h5-6,12,17H,7-9H2,1-4H3,(H,16,18). The van der Waals surface area contributed by atoms with Crippen LogP contribution in [0.15, 0.2) is 12.1 Å². The first kappa shape index (κ1) is 16.5. The van der Waals surface area contributed by atoms with Crippen LogP contribution in [0.1, 0.15) is 23.6 Å². The van der Waals surface area contributed by atoms with Crippen molar-refractivity contribution < 1.29 is 19.4 Å². The lowest BCUT2D eigenvalue weighted by atomic mass is 10.1. The van der Waals surface area contributed by atoms with Crippen LogP contribution >= 0.6 is 0 Å². The second kappa shape index (κ2) is 7.87. The Morgan fingerprint density at radius 3 is 2.45 bits per heavy atom. The highest BCUT2D eigenvalue weighted by Crippen LogP contribution is 2.24. The summed E-state index contributed by atoms with van der Waals surface area (Å²) < 4.78 is 10.5. The van der Waals surface area contributed by atoms with Crippen molar-refractivity contribution in [2.24, 2.45) is 0 Å². The Morgan fingerprint density at radius 2 is 1.95 bits per heavy atom. The molecule has 1 aromatic carbocycles. The Morgan fingerprint density at radius 1 is 1.35 bits per heavy atom. The zero-order valence-electron chi connectivity index (χ0n) is 12.5. The van der Waals surface area contributed by atoms with E-state index in [1.165, 1.54) is 0 Å². The van der Waals surface area contributed by atoms with Crippen molar-refractivity contribution in [3.05, 3.63) is 28.8 Å². The number of aryl methyl sites for hydroxylation is 2. The number of amides is 1. The van der Waals surface area contributed by atoms with Crippen molar-refractivity contribution in [2.75, 3.05) is 20.3 Å². The normalized spacial score (nSPS) is 12.1. The van der Waals surface area contributed by atoms with E-state index in [0.717, 1.165) is 16.7 Å². The molecule has 0 heterocycles. The Kier molecular flexibility index (Phi) is 6.48. The quantitative estimate of drug-likeness (QED) is 0.791. The number of ether oxygens (including phenoxy) is 2. The molecular formula is C15H23NO4. The molecule has 1 rings (SSSR count). The monoisotopic (exact) mass is 281 g/mol. The first-order valence-electron chi connectivity index (χ1n) is 6.60. The number of hydrogen-bond donors (Lipinski definition) is 2. The summed E-state index contributed by atoms with van der Waals surface area (Å²) in [5.41, 5.74) is 2.66. The van der Waals surface area contributed by atoms with Crippen molar-refractivity contribution in [3.63, 3.8) is 0 Å². The van der Waals surface area contributed by atoms with E-state index in [0.29, 0.717) is 12.4 Å². The summed E-state index contributed by atoms with van der Waals surface area (Å²) in [4.78, 5) is 11.7. The van der Waals surface area contributed by atoms with E-state index in [9.17, 15) is 4.79 Å². The topological polar surface area (TPSA) is 67.8 Å². The molecule has 0 fully saturated rings. The number of carbonyl (C=O) groups is 1. The molecule has 0 aliphatic carbocycles. The van der Waals surface area contributed by atoms with E-state index >= 15 is 0 Å². The second-order valence-electron chi connectivity index (χ2n) is 4.93. The van der Waals surface area contributed by atoms with E-state index in [-0.39, 0.29) is 25.2 Å². The third-order valence-electron chi connectivity index (χ3n) is 2.87. The van der Waals surface area contributed by atoms with Crippen molar-refractivity contribution in [3.8, 4) is 5.75 Å². The molecule has 0 saturated heterocycles. The first-order valence-corrected chi connectivity index (χ1v) is 6.60. The molecule has 0 saturated carbocycles. The van der Waals surface area contributed by atoms with Crippen LogP contribution in [0.25, 0.3) is 0 Å². The maximum atomic E-state index is 11.7. The molecular weight excluding hydrogens is 258 g/mol. The number of aliphatic hydroxyl groups is 1. The first-order chi connectivity index (χ1) is 9.47. The minimum Gasteiger partial charge on any atom is -0.483 e. The number of rotatable bonds is 7. The third-order valence-corrected chi connectivity index (χ3v) is 2.87. The fourth-order valence-electron chi connectivity index (χ4n) is 2.10. The number of methoxy groups -OCH3 is 1. The van der Waals surface area contributed by atoms with Gasteiger partial charge in [-0.25, -0.2) is 0 Å². The van der Waals surface area contributed by atoms with Gasteiger partial charge in [0.05, 0.1) is 13.2 Å². The Labute approximate surface area is 119 Å². The summed E-state index contributed by atoms with van der Waals surface area (Å²) >= 11 is 0. The van der Waals surface area contributed by atoms with Gasteiger partial charge in [0.25, 0.3) is 5.91 Å². The zero-order chi connectivity index (χ0) is 15.1. The van der Waals surface area contributed by atoms with Gasteiger partial charge in [0.2, 0.25) is 0 Å². The maximum absolute atomic E-state index is 11.7. The van der Waals surface area contributed by atoms with Crippen LogP contribution in [0.4, 0.5) is 0 Å². The fourth-order valence-corrected chi connectivity index (χ4v) is 2.10. The molecule has 0 spiro atoms. The minimum atomic E-state index is -0.181. The Bertz CT molecular complexity index is 436. The zero-order valence-corrected chi connectivity index (χ0v) is 12.5. The molecule has 0 radical (unpaired) electrons. The highest BCUT2D eigenvalue weighted by molar-refractivity contribution is 5.77. The summed E-state index contributed by atoms with van der Waals surface area (Å²) in [6.45, 7) is 6.09. The van der Waals surface area contributed by atoms with E-state index < -0.39 is 0 Å². The van der Waals surface area contributed by atoms with Gasteiger partial charge < -0.3 is 19.9 Å². The van der Waals surface area contributed by atoms with Gasteiger partial charge in [-0.3, -0.25) is 4.79 Å². The van der Waals surface area contributed by atoms with Gasteiger partial charge in [-0.2, -0.15) is 0 Å². The third kappa shape index (κ3) is 4.83. The Hall–Kier alpha value is -1.59. The lowest BCUT2D eigenvalue weighted by Crippen LogP contribution is -2.38. The molecule has 1 amide bonds. The van der Waals surface area contributed by atoms with Crippen LogP contribution in [0, 0.1) is 13.8 Å². The summed E-state index contributed by atoms with van der Waals surface area (Å²) in [6, 6.07) is 3.66. The van der Waals surface area contributed by atoms with E-state index in [4.69, 9.17) is 14.6 Å². The van der Waals surface area contributed by atoms with Gasteiger partial charge in [-0.1, -0.05) is 12.1 Å². The van der Waals surface area contributed by atoms with Crippen LogP contribution in [0.5, 0.6) is 5.75 Å². The summed E-state index contributed by atoms with van der Waals surface area (Å²) in [5.74, 6) is 0.510. The number of hydrogen-bond acceptors (Lipinski definition) is 4. The predicted octanol–water partition coefficient (Wildman–Crippen LogP) is 1.33. The molecule has 0 aliphatic rings. The van der Waals surface area contributed by atoms with Gasteiger partial charge in [-0.05, 0) is 37.5 Å². The van der Waals surface area contributed by atoms with Crippen molar-refractivity contribution in [1.29, 1.82) is 0 Å². The van der Waals surface area contributed by atoms with Crippen LogP contribution in [-0.4, -0.2) is 37.4 Å². The van der Waals surface area contributed by atoms with E-state index in [1.807, 2.05) is 32.9 Å². The number of aliphatic hydroxyl groups excluding tert-OH is 1. The number of carbonyl (C=O) groups excluding carboxylic acids is 1. The lowest BCUT2D eigenvalue weighted by Gasteiger charge is -2.15. The molecule has 20 heavy (non-hydrogen) atoms. The van der Waals surface area contributed by atoms with E-state index in [1.54, 1.807) is 7.11 Å². The molecule has 0 aliphatic heterocycles. The SMILES string of the molecule is COCC(C)NC(=O)COc1c(C)cc(CO)cc1C. The van der Waals surface area contributed by atoms with E-state index in [2.05, 4.69) is 5.32 Å². The molecule has 1 aromatic rings. The summed E-state index contributed by atoms with van der Waals surface area (Å²) in [5, 5.41) is 11.9. The summed E-state index contributed by atoms with van der Waals surface area (Å²) in [6.07, 6.45) is 0. The molecule has 1 unspecified atom stereocenters. The van der Waals surface area contributed by atoms with Crippen molar-refractivity contribution in [2.45, 2.75) is 33.4 Å².